The van der Waals surface area contributed by atoms with Gasteiger partial charge in [0.05, 0.1) is 22.7 Å². The molecule has 0 unspecified atom stereocenters. The molecule has 0 aliphatic rings. The number of aromatic nitrogens is 2. The number of hydrogen-bond donors (Lipinski definition) is 2. The highest BCUT2D eigenvalue weighted by Gasteiger charge is 2.14. The monoisotopic (exact) mass is 439 g/mol. The minimum absolute atomic E-state index is 0.146. The predicted molar refractivity (Wildman–Crippen MR) is 122 cm³/mol. The lowest BCUT2D eigenvalue weighted by Gasteiger charge is -2.10. The summed E-state index contributed by atoms with van der Waals surface area (Å²) in [6.45, 7) is -0.268. The molecule has 0 aliphatic carbocycles. The van der Waals surface area contributed by atoms with Crippen molar-refractivity contribution in [2.24, 2.45) is 0 Å². The average molecular weight is 439 g/mol. The fourth-order valence-corrected chi connectivity index (χ4v) is 3.35. The van der Waals surface area contributed by atoms with E-state index in [9.17, 15) is 9.59 Å². The molecule has 1 aromatic heterocycles. The third-order valence-corrected chi connectivity index (χ3v) is 4.92. The van der Waals surface area contributed by atoms with Crippen molar-refractivity contribution in [3.8, 4) is 17.5 Å². The molecule has 1 heterocycles. The molecule has 2 N–H and O–H groups in total. The molecule has 0 saturated carbocycles. The van der Waals surface area contributed by atoms with Gasteiger partial charge in [-0.05, 0) is 48.5 Å². The first kappa shape index (κ1) is 21.6. The van der Waals surface area contributed by atoms with Crippen molar-refractivity contribution in [2.75, 3.05) is 6.61 Å². The Hall–Kier alpha value is -4.64. The van der Waals surface area contributed by atoms with E-state index in [2.05, 4.69) is 15.8 Å². The average Bonchev–Trinajstić information content (AvgIpc) is 3.24. The molecule has 8 heteroatoms. The van der Waals surface area contributed by atoms with Gasteiger partial charge in [0.1, 0.15) is 11.6 Å². The molecule has 0 saturated heterocycles. The zero-order valence-corrected chi connectivity index (χ0v) is 17.7. The maximum Gasteiger partial charge on any atom is 0.276 e. The van der Waals surface area contributed by atoms with E-state index in [1.165, 1.54) is 0 Å². The van der Waals surface area contributed by atoms with Crippen LogP contribution in [-0.4, -0.2) is 28.0 Å². The van der Waals surface area contributed by atoms with Crippen LogP contribution < -0.4 is 15.6 Å². The van der Waals surface area contributed by atoms with Gasteiger partial charge in [-0.25, -0.2) is 4.98 Å². The molecule has 0 fully saturated rings. The standard InChI is InChI=1S/C25H21N5O3/c26-16-18-10-12-20(13-11-18)33-17-25(32)29-28-24(31)15-14-23-27-21-8-4-5-9-22(21)30(23)19-6-2-1-3-7-19/h1-13H,14-15,17H2,(H,28,31)(H,29,32). The molecule has 4 rings (SSSR count). The highest BCUT2D eigenvalue weighted by Crippen LogP contribution is 2.22. The molecular weight excluding hydrogens is 418 g/mol. The smallest absolute Gasteiger partial charge is 0.276 e. The molecule has 2 amide bonds. The van der Waals surface area contributed by atoms with Crippen molar-refractivity contribution in [1.82, 2.24) is 20.4 Å². The van der Waals surface area contributed by atoms with Crippen molar-refractivity contribution in [1.29, 1.82) is 5.26 Å². The molecule has 3 aromatic carbocycles. The fourth-order valence-electron chi connectivity index (χ4n) is 3.35. The molecule has 8 nitrogen and oxygen atoms in total. The maximum absolute atomic E-state index is 12.3. The third kappa shape index (κ3) is 5.35. The Morgan fingerprint density at radius 3 is 2.36 bits per heavy atom. The Bertz CT molecular complexity index is 1310. The van der Waals surface area contributed by atoms with Gasteiger partial charge >= 0.3 is 0 Å². The van der Waals surface area contributed by atoms with Gasteiger partial charge < -0.3 is 4.74 Å². The number of nitriles is 1. The lowest BCUT2D eigenvalue weighted by atomic mass is 10.2. The normalized spacial score (nSPS) is 10.4. The van der Waals surface area contributed by atoms with E-state index >= 15 is 0 Å². The summed E-state index contributed by atoms with van der Waals surface area (Å²) in [5.74, 6) is 0.376. The first-order chi connectivity index (χ1) is 16.1. The van der Waals surface area contributed by atoms with Crippen LogP contribution in [0.2, 0.25) is 0 Å². The summed E-state index contributed by atoms with van der Waals surface area (Å²) in [7, 11) is 0. The number of rotatable bonds is 7. The van der Waals surface area contributed by atoms with E-state index in [-0.39, 0.29) is 18.9 Å². The van der Waals surface area contributed by atoms with Gasteiger partial charge in [0.2, 0.25) is 5.91 Å². The summed E-state index contributed by atoms with van der Waals surface area (Å²) in [6.07, 6.45) is 0.542. The lowest BCUT2D eigenvalue weighted by molar-refractivity contribution is -0.130. The minimum Gasteiger partial charge on any atom is -0.484 e. The summed E-state index contributed by atoms with van der Waals surface area (Å²) in [4.78, 5) is 28.9. The summed E-state index contributed by atoms with van der Waals surface area (Å²) >= 11 is 0. The Morgan fingerprint density at radius 2 is 1.61 bits per heavy atom. The summed E-state index contributed by atoms with van der Waals surface area (Å²) in [5.41, 5.74) is 8.03. The number of hydrogen-bond acceptors (Lipinski definition) is 5. The number of nitrogens with one attached hydrogen (secondary N) is 2. The van der Waals surface area contributed by atoms with Crippen molar-refractivity contribution in [3.05, 3.63) is 90.3 Å². The number of carbonyl (C=O) groups is 2. The highest BCUT2D eigenvalue weighted by molar-refractivity contribution is 5.83. The second-order valence-electron chi connectivity index (χ2n) is 7.21. The van der Waals surface area contributed by atoms with Gasteiger partial charge in [-0.3, -0.25) is 25.0 Å². The highest BCUT2D eigenvalue weighted by atomic mass is 16.5. The van der Waals surface area contributed by atoms with Crippen molar-refractivity contribution in [3.63, 3.8) is 0 Å². The van der Waals surface area contributed by atoms with Gasteiger partial charge in [0, 0.05) is 18.5 Å². The number of imidazole rings is 1. The molecule has 0 aliphatic heterocycles. The number of para-hydroxylation sites is 3. The molecule has 0 radical (unpaired) electrons. The van der Waals surface area contributed by atoms with Gasteiger partial charge in [-0.15, -0.1) is 0 Å². The van der Waals surface area contributed by atoms with Crippen LogP contribution in [0.3, 0.4) is 0 Å². The molecule has 0 atom stereocenters. The van der Waals surface area contributed by atoms with Crippen LogP contribution in [0.1, 0.15) is 17.8 Å². The number of carbonyl (C=O) groups excluding carboxylic acids is 2. The van der Waals surface area contributed by atoms with Gasteiger partial charge in [-0.1, -0.05) is 30.3 Å². The van der Waals surface area contributed by atoms with Gasteiger partial charge in [-0.2, -0.15) is 5.26 Å². The summed E-state index contributed by atoms with van der Waals surface area (Å²) in [6, 6.07) is 26.0. The van der Waals surface area contributed by atoms with Crippen LogP contribution in [-0.2, 0) is 16.0 Å². The van der Waals surface area contributed by atoms with Crippen molar-refractivity contribution in [2.45, 2.75) is 12.8 Å². The first-order valence-corrected chi connectivity index (χ1v) is 10.4. The van der Waals surface area contributed by atoms with Crippen LogP contribution >= 0.6 is 0 Å². The van der Waals surface area contributed by atoms with Crippen molar-refractivity contribution < 1.29 is 14.3 Å². The van der Waals surface area contributed by atoms with Crippen molar-refractivity contribution >= 4 is 22.8 Å². The molecule has 4 aromatic rings. The van der Waals surface area contributed by atoms with Crippen LogP contribution in [0.15, 0.2) is 78.9 Å². The maximum atomic E-state index is 12.3. The van der Waals surface area contributed by atoms with Gasteiger partial charge in [0.15, 0.2) is 6.61 Å². The first-order valence-electron chi connectivity index (χ1n) is 10.4. The van der Waals surface area contributed by atoms with Crippen LogP contribution in [0, 0.1) is 11.3 Å². The lowest BCUT2D eigenvalue weighted by Crippen LogP contribution is -2.43. The number of fused-ring (bicyclic) bond motifs is 1. The quantitative estimate of drug-likeness (QED) is 0.430. The second-order valence-corrected chi connectivity index (χ2v) is 7.21. The third-order valence-electron chi connectivity index (χ3n) is 4.92. The largest absolute Gasteiger partial charge is 0.484 e. The van der Waals surface area contributed by atoms with Crippen LogP contribution in [0.25, 0.3) is 16.7 Å². The molecule has 33 heavy (non-hydrogen) atoms. The van der Waals surface area contributed by atoms with Gasteiger partial charge in [0.25, 0.3) is 5.91 Å². The minimum atomic E-state index is -0.496. The molecule has 0 bridgehead atoms. The number of hydrazine groups is 1. The van der Waals surface area contributed by atoms with E-state index in [0.29, 0.717) is 17.7 Å². The van der Waals surface area contributed by atoms with E-state index in [1.54, 1.807) is 24.3 Å². The van der Waals surface area contributed by atoms with Crippen LogP contribution in [0.4, 0.5) is 0 Å². The predicted octanol–water partition coefficient (Wildman–Crippen LogP) is 3.06. The number of ether oxygens (including phenoxy) is 1. The zero-order chi connectivity index (χ0) is 23.0. The molecular formula is C25H21N5O3. The topological polar surface area (TPSA) is 109 Å². The van der Waals surface area contributed by atoms with E-state index in [0.717, 1.165) is 22.5 Å². The number of aryl methyl sites for hydroxylation is 1. The molecule has 0 spiro atoms. The fraction of sp³-hybridized carbons (Fsp3) is 0.120. The number of nitrogens with zero attached hydrogens (tertiary/aromatic N) is 3. The molecule has 164 valence electrons. The summed E-state index contributed by atoms with van der Waals surface area (Å²) < 4.78 is 7.38. The Labute approximate surface area is 190 Å². The second kappa shape index (κ2) is 10.1. The number of amides is 2. The summed E-state index contributed by atoms with van der Waals surface area (Å²) in [5, 5.41) is 8.79. The zero-order valence-electron chi connectivity index (χ0n) is 17.7. The Balaban J connectivity index is 1.32. The number of benzene rings is 3. The van der Waals surface area contributed by atoms with E-state index in [1.807, 2.05) is 65.2 Å². The SMILES string of the molecule is N#Cc1ccc(OCC(=O)NNC(=O)CCc2nc3ccccc3n2-c2ccccc2)cc1. The Morgan fingerprint density at radius 1 is 0.909 bits per heavy atom. The Kier molecular flexibility index (Phi) is 6.61. The van der Waals surface area contributed by atoms with E-state index in [4.69, 9.17) is 10.00 Å². The van der Waals surface area contributed by atoms with E-state index < -0.39 is 5.91 Å². The van der Waals surface area contributed by atoms with Crippen LogP contribution in [0.5, 0.6) is 5.75 Å².